The van der Waals surface area contributed by atoms with Crippen LogP contribution in [0, 0.1) is 0 Å². The highest BCUT2D eigenvalue weighted by molar-refractivity contribution is 6.38. The van der Waals surface area contributed by atoms with E-state index in [9.17, 15) is 18.0 Å². The lowest BCUT2D eigenvalue weighted by Crippen LogP contribution is -2.27. The van der Waals surface area contributed by atoms with Crippen molar-refractivity contribution in [3.05, 3.63) is 11.8 Å². The van der Waals surface area contributed by atoms with Gasteiger partial charge in [-0.2, -0.15) is 13.2 Å². The van der Waals surface area contributed by atoms with Crippen molar-refractivity contribution in [1.29, 1.82) is 0 Å². The van der Waals surface area contributed by atoms with Gasteiger partial charge in [-0.3, -0.25) is 9.79 Å². The number of Topliss-reactive ketones (excluding diaryl/α,β-unsaturated/α-hetero) is 1. The Morgan fingerprint density at radius 2 is 1.87 bits per heavy atom. The fourth-order valence-electron chi connectivity index (χ4n) is 0.640. The lowest BCUT2D eigenvalue weighted by molar-refractivity contribution is -0.118. The summed E-state index contributed by atoms with van der Waals surface area (Å²) in [5.74, 6) is -0.815. The molecule has 0 heterocycles. The lowest BCUT2D eigenvalue weighted by atomic mass is 10.3. The molecule has 15 heavy (non-hydrogen) atoms. The Labute approximate surface area is 86.1 Å². The van der Waals surface area contributed by atoms with E-state index in [0.29, 0.717) is 0 Å². The van der Waals surface area contributed by atoms with E-state index in [1.165, 1.54) is 6.20 Å². The number of hydrogen-bond donors (Lipinski definition) is 1. The number of ketones is 1. The van der Waals surface area contributed by atoms with Gasteiger partial charge in [0.15, 0.2) is 11.6 Å². The van der Waals surface area contributed by atoms with Crippen molar-refractivity contribution in [3.63, 3.8) is 0 Å². The molecular weight excluding hydrogens is 209 g/mol. The Bertz CT molecular complexity index is 288. The van der Waals surface area contributed by atoms with E-state index in [4.69, 9.17) is 0 Å². The molecule has 3 nitrogen and oxygen atoms in total. The summed E-state index contributed by atoms with van der Waals surface area (Å²) in [4.78, 5) is 14.0. The predicted molar refractivity (Wildman–Crippen MR) is 51.6 cm³/mol. The molecule has 0 fully saturated rings. The highest BCUT2D eigenvalue weighted by atomic mass is 19.4. The third-order valence-corrected chi connectivity index (χ3v) is 1.25. The fraction of sp³-hybridized carbons (Fsp3) is 0.556. The summed E-state index contributed by atoms with van der Waals surface area (Å²) in [5.41, 5.74) is 0.830. The van der Waals surface area contributed by atoms with Gasteiger partial charge in [0.2, 0.25) is 0 Å². The predicted octanol–water partition coefficient (Wildman–Crippen LogP) is 2.05. The van der Waals surface area contributed by atoms with Crippen molar-refractivity contribution in [2.45, 2.75) is 26.9 Å². The number of carbonyl (C=O) groups is 1. The molecule has 6 heteroatoms. The minimum Gasteiger partial charge on any atom is -0.344 e. The van der Waals surface area contributed by atoms with Gasteiger partial charge in [0.05, 0.1) is 0 Å². The van der Waals surface area contributed by atoms with E-state index in [0.717, 1.165) is 12.5 Å². The number of aliphatic imine (C=N–C) groups is 1. The van der Waals surface area contributed by atoms with Gasteiger partial charge in [0, 0.05) is 13.1 Å². The number of rotatable bonds is 3. The van der Waals surface area contributed by atoms with Crippen LogP contribution in [0.15, 0.2) is 16.8 Å². The van der Waals surface area contributed by atoms with E-state index in [2.05, 4.69) is 10.3 Å². The van der Waals surface area contributed by atoms with Gasteiger partial charge in [-0.25, -0.2) is 0 Å². The Balaban J connectivity index is 4.54. The fourth-order valence-corrected chi connectivity index (χ4v) is 0.640. The van der Waals surface area contributed by atoms with Gasteiger partial charge in [0.25, 0.3) is 0 Å². The Morgan fingerprint density at radius 1 is 1.33 bits per heavy atom. The Hall–Kier alpha value is -1.33. The second-order valence-electron chi connectivity index (χ2n) is 3.20. The number of amidine groups is 1. The van der Waals surface area contributed by atoms with Crippen LogP contribution < -0.4 is 5.32 Å². The summed E-state index contributed by atoms with van der Waals surface area (Å²) < 4.78 is 35.5. The summed E-state index contributed by atoms with van der Waals surface area (Å²) in [6.45, 7) is 3.29. The standard InChI is InChI=1S/C9H13F3N2O/c1-6(2)4-13-8(7(3)15)14-5-9(10,11)12/h4H,5H2,1-3H3,(H,13,14). The molecule has 0 saturated heterocycles. The van der Waals surface area contributed by atoms with Crippen molar-refractivity contribution in [1.82, 2.24) is 5.32 Å². The maximum atomic E-state index is 11.8. The summed E-state index contributed by atoms with van der Waals surface area (Å²) in [5, 5.41) is 2.43. The molecule has 0 aliphatic carbocycles. The summed E-state index contributed by atoms with van der Waals surface area (Å²) >= 11 is 0. The molecule has 86 valence electrons. The lowest BCUT2D eigenvalue weighted by Gasteiger charge is -2.05. The normalized spacial score (nSPS) is 12.3. The third-order valence-electron chi connectivity index (χ3n) is 1.25. The molecular formula is C9H13F3N2O. The first kappa shape index (κ1) is 13.7. The number of carbonyl (C=O) groups excluding carboxylic acids is 1. The van der Waals surface area contributed by atoms with E-state index < -0.39 is 18.5 Å². The molecule has 0 spiro atoms. The maximum absolute atomic E-state index is 11.8. The van der Waals surface area contributed by atoms with Gasteiger partial charge in [-0.1, -0.05) is 5.57 Å². The van der Waals surface area contributed by atoms with Crippen LogP contribution in [0.25, 0.3) is 0 Å². The van der Waals surface area contributed by atoms with Gasteiger partial charge in [-0.15, -0.1) is 0 Å². The topological polar surface area (TPSA) is 41.5 Å². The number of halogens is 3. The van der Waals surface area contributed by atoms with Crippen LogP contribution in [0.4, 0.5) is 13.2 Å². The molecule has 0 bridgehead atoms. The third kappa shape index (κ3) is 7.72. The summed E-state index contributed by atoms with van der Waals surface area (Å²) in [6, 6.07) is 0. The van der Waals surface area contributed by atoms with Crippen LogP contribution >= 0.6 is 0 Å². The highest BCUT2D eigenvalue weighted by Gasteiger charge is 2.27. The first-order valence-corrected chi connectivity index (χ1v) is 4.24. The van der Waals surface area contributed by atoms with Crippen molar-refractivity contribution in [2.24, 2.45) is 4.99 Å². The van der Waals surface area contributed by atoms with E-state index in [-0.39, 0.29) is 5.84 Å². The monoisotopic (exact) mass is 222 g/mol. The maximum Gasteiger partial charge on any atom is 0.408 e. The highest BCUT2D eigenvalue weighted by Crippen LogP contribution is 2.14. The second-order valence-corrected chi connectivity index (χ2v) is 3.20. The molecule has 0 aliphatic rings. The van der Waals surface area contributed by atoms with Gasteiger partial charge < -0.3 is 5.32 Å². The molecule has 0 amide bonds. The largest absolute Gasteiger partial charge is 0.408 e. The molecule has 0 aromatic carbocycles. The Kier molecular flexibility index (Phi) is 5.04. The van der Waals surface area contributed by atoms with Gasteiger partial charge in [-0.05, 0) is 13.8 Å². The number of hydrogen-bond acceptors (Lipinski definition) is 2. The van der Waals surface area contributed by atoms with E-state index in [1.54, 1.807) is 13.8 Å². The molecule has 0 unspecified atom stereocenters. The van der Waals surface area contributed by atoms with Crippen LogP contribution in [0.2, 0.25) is 0 Å². The molecule has 0 rings (SSSR count). The molecule has 0 aromatic heterocycles. The number of nitrogens with zero attached hydrogens (tertiary/aromatic N) is 1. The SMILES string of the molecule is CC(=O)C(=NCC(F)(F)F)NC=C(C)C. The second kappa shape index (κ2) is 5.53. The zero-order valence-electron chi connectivity index (χ0n) is 8.77. The molecule has 0 saturated carbocycles. The first-order chi connectivity index (χ1) is 6.72. The molecule has 1 N–H and O–H groups in total. The molecule has 0 aromatic rings. The molecule has 0 aliphatic heterocycles. The van der Waals surface area contributed by atoms with Gasteiger partial charge >= 0.3 is 6.18 Å². The summed E-state index contributed by atoms with van der Waals surface area (Å²) in [7, 11) is 0. The smallest absolute Gasteiger partial charge is 0.344 e. The quantitative estimate of drug-likeness (QED) is 0.586. The zero-order chi connectivity index (χ0) is 12.1. The van der Waals surface area contributed by atoms with Gasteiger partial charge in [0.1, 0.15) is 6.54 Å². The van der Waals surface area contributed by atoms with Crippen molar-refractivity contribution >= 4 is 11.6 Å². The van der Waals surface area contributed by atoms with Crippen molar-refractivity contribution in [3.8, 4) is 0 Å². The average molecular weight is 222 g/mol. The van der Waals surface area contributed by atoms with E-state index >= 15 is 0 Å². The summed E-state index contributed by atoms with van der Waals surface area (Å²) in [6.07, 6.45) is -2.97. The van der Waals surface area contributed by atoms with Crippen molar-refractivity contribution in [2.75, 3.05) is 6.54 Å². The number of nitrogens with one attached hydrogen (secondary N) is 1. The minimum atomic E-state index is -4.40. The zero-order valence-corrected chi connectivity index (χ0v) is 8.77. The van der Waals surface area contributed by atoms with E-state index in [1.807, 2.05) is 0 Å². The average Bonchev–Trinajstić information content (AvgIpc) is 2.00. The molecule has 0 atom stereocenters. The van der Waals surface area contributed by atoms with Crippen LogP contribution in [0.3, 0.4) is 0 Å². The van der Waals surface area contributed by atoms with Crippen LogP contribution in [0.1, 0.15) is 20.8 Å². The number of alkyl halides is 3. The number of allylic oxidation sites excluding steroid dienone is 1. The molecule has 0 radical (unpaired) electrons. The minimum absolute atomic E-state index is 0.284. The van der Waals surface area contributed by atoms with Crippen LogP contribution in [-0.2, 0) is 4.79 Å². The first-order valence-electron chi connectivity index (χ1n) is 4.24. The van der Waals surface area contributed by atoms with Crippen LogP contribution in [-0.4, -0.2) is 24.3 Å². The Morgan fingerprint density at radius 3 is 2.20 bits per heavy atom. The van der Waals surface area contributed by atoms with Crippen molar-refractivity contribution < 1.29 is 18.0 Å². The van der Waals surface area contributed by atoms with Crippen LogP contribution in [0.5, 0.6) is 0 Å².